The molecular weight excluding hydrogens is 444 g/mol. The Labute approximate surface area is 176 Å². The van der Waals surface area contributed by atoms with Crippen LogP contribution in [0.2, 0.25) is 0 Å². The van der Waals surface area contributed by atoms with Gasteiger partial charge in [-0.05, 0) is 31.4 Å². The zero-order valence-electron chi connectivity index (χ0n) is 16.4. The minimum Gasteiger partial charge on any atom is -0.342 e. The molecule has 8 nitrogen and oxygen atoms in total. The van der Waals surface area contributed by atoms with Gasteiger partial charge in [-0.1, -0.05) is 0 Å². The maximum absolute atomic E-state index is 13.0. The van der Waals surface area contributed by atoms with Crippen molar-refractivity contribution in [2.75, 3.05) is 0 Å². The van der Waals surface area contributed by atoms with E-state index < -0.39 is 41.6 Å². The average molecular weight is 459 g/mol. The van der Waals surface area contributed by atoms with E-state index in [1.54, 1.807) is 0 Å². The first-order valence-corrected chi connectivity index (χ1v) is 9.34. The minimum atomic E-state index is -4.80. The molecule has 4 rings (SSSR count). The highest BCUT2D eigenvalue weighted by molar-refractivity contribution is 5.91. The number of pyridine rings is 1. The number of rotatable bonds is 3. The van der Waals surface area contributed by atoms with Crippen LogP contribution in [0.1, 0.15) is 52.3 Å². The van der Waals surface area contributed by atoms with Crippen LogP contribution in [0.5, 0.6) is 0 Å². The van der Waals surface area contributed by atoms with Crippen LogP contribution < -0.4 is 5.32 Å². The van der Waals surface area contributed by atoms with Crippen LogP contribution >= 0.6 is 0 Å². The number of halogens is 6. The van der Waals surface area contributed by atoms with Gasteiger partial charge in [0.25, 0.3) is 11.7 Å². The number of fused-ring (bicyclic) bond motifs is 1. The molecule has 1 atom stereocenters. The number of hydrogen-bond acceptors (Lipinski definition) is 5. The van der Waals surface area contributed by atoms with Crippen LogP contribution in [-0.4, -0.2) is 35.4 Å². The Bertz CT molecular complexity index is 1160. The Morgan fingerprint density at radius 3 is 2.56 bits per heavy atom. The Balaban J connectivity index is 1.60. The highest BCUT2D eigenvalue weighted by atomic mass is 19.4. The molecule has 1 aliphatic rings. The van der Waals surface area contributed by atoms with Crippen molar-refractivity contribution in [2.24, 2.45) is 7.05 Å². The minimum absolute atomic E-state index is 0.134. The summed E-state index contributed by atoms with van der Waals surface area (Å²) in [5.74, 6) is -2.80. The Morgan fingerprint density at radius 1 is 1.16 bits per heavy atom. The quantitative estimate of drug-likeness (QED) is 0.608. The zero-order chi connectivity index (χ0) is 23.3. The highest BCUT2D eigenvalue weighted by Gasteiger charge is 2.38. The normalized spacial score (nSPS) is 16.7. The van der Waals surface area contributed by atoms with Gasteiger partial charge in [0.05, 0.1) is 17.4 Å². The van der Waals surface area contributed by atoms with Crippen molar-refractivity contribution in [1.82, 2.24) is 34.8 Å². The van der Waals surface area contributed by atoms with E-state index in [2.05, 4.69) is 25.5 Å². The number of alkyl halides is 6. The maximum Gasteiger partial charge on any atom is 0.453 e. The first-order valence-electron chi connectivity index (χ1n) is 9.34. The molecule has 14 heteroatoms. The van der Waals surface area contributed by atoms with Gasteiger partial charge in [0.15, 0.2) is 0 Å². The van der Waals surface area contributed by atoms with Crippen LogP contribution in [0.15, 0.2) is 24.5 Å². The van der Waals surface area contributed by atoms with Gasteiger partial charge in [0, 0.05) is 25.0 Å². The molecule has 32 heavy (non-hydrogen) atoms. The van der Waals surface area contributed by atoms with Gasteiger partial charge in [-0.25, -0.2) is 9.36 Å². The largest absolute Gasteiger partial charge is 0.453 e. The summed E-state index contributed by atoms with van der Waals surface area (Å²) in [6.07, 6.45) is -5.28. The van der Waals surface area contributed by atoms with Crippen molar-refractivity contribution >= 4 is 5.91 Å². The smallest absolute Gasteiger partial charge is 0.342 e. The number of carbonyl (C=O) groups is 1. The molecular formula is C18H15F6N7O. The van der Waals surface area contributed by atoms with E-state index in [4.69, 9.17) is 0 Å². The molecule has 3 aromatic rings. The fraction of sp³-hybridized carbons (Fsp3) is 0.389. The third-order valence-corrected chi connectivity index (χ3v) is 4.93. The van der Waals surface area contributed by atoms with Crippen LogP contribution in [0.4, 0.5) is 26.3 Å². The molecule has 0 spiro atoms. The average Bonchev–Trinajstić information content (AvgIpc) is 3.32. The van der Waals surface area contributed by atoms with Crippen LogP contribution in [-0.2, 0) is 25.8 Å². The maximum atomic E-state index is 13.0. The standard InChI is InChI=1S/C18H15F6N7O/c1-30-14(27-16(29-30)18(22,23)24)15(32)26-11-3-2-4-12-10(11)8-31(28-12)9-5-6-25-13(7-9)17(19,20)21/h5-8,11H,2-4H2,1H3,(H,26,32). The molecule has 1 amide bonds. The van der Waals surface area contributed by atoms with Gasteiger partial charge in [-0.2, -0.15) is 36.4 Å². The lowest BCUT2D eigenvalue weighted by atomic mass is 9.93. The first-order chi connectivity index (χ1) is 14.9. The van der Waals surface area contributed by atoms with E-state index in [-0.39, 0.29) is 5.69 Å². The molecule has 0 saturated carbocycles. The van der Waals surface area contributed by atoms with Gasteiger partial charge in [-0.3, -0.25) is 9.78 Å². The van der Waals surface area contributed by atoms with Crippen molar-refractivity contribution in [3.8, 4) is 5.69 Å². The van der Waals surface area contributed by atoms with Crippen molar-refractivity contribution in [1.29, 1.82) is 0 Å². The molecule has 0 saturated heterocycles. The summed E-state index contributed by atoms with van der Waals surface area (Å²) in [6.45, 7) is 0. The monoisotopic (exact) mass is 459 g/mol. The summed E-state index contributed by atoms with van der Waals surface area (Å²) >= 11 is 0. The predicted octanol–water partition coefficient (Wildman–Crippen LogP) is 3.24. The van der Waals surface area contributed by atoms with Gasteiger partial charge in [-0.15, -0.1) is 5.10 Å². The molecule has 170 valence electrons. The summed E-state index contributed by atoms with van der Waals surface area (Å²) in [7, 11) is 1.17. The summed E-state index contributed by atoms with van der Waals surface area (Å²) in [6, 6.07) is 1.61. The van der Waals surface area contributed by atoms with Crippen molar-refractivity contribution < 1.29 is 31.1 Å². The fourth-order valence-electron chi connectivity index (χ4n) is 3.46. The molecule has 1 N–H and O–H groups in total. The Kier molecular flexibility index (Phi) is 5.17. The Morgan fingerprint density at radius 2 is 1.91 bits per heavy atom. The molecule has 3 heterocycles. The van der Waals surface area contributed by atoms with Crippen molar-refractivity contribution in [2.45, 2.75) is 37.7 Å². The van der Waals surface area contributed by atoms with E-state index >= 15 is 0 Å². The predicted molar refractivity (Wildman–Crippen MR) is 95.5 cm³/mol. The molecule has 0 radical (unpaired) electrons. The van der Waals surface area contributed by atoms with Gasteiger partial charge >= 0.3 is 12.4 Å². The number of aryl methyl sites for hydroxylation is 2. The van der Waals surface area contributed by atoms with Crippen molar-refractivity contribution in [3.05, 3.63) is 53.1 Å². The lowest BCUT2D eigenvalue weighted by Gasteiger charge is -2.22. The summed E-state index contributed by atoms with van der Waals surface area (Å²) < 4.78 is 79.3. The zero-order valence-corrected chi connectivity index (χ0v) is 16.4. The van der Waals surface area contributed by atoms with Crippen LogP contribution in [0, 0.1) is 0 Å². The molecule has 0 bridgehead atoms. The van der Waals surface area contributed by atoms with Gasteiger partial charge in [0.2, 0.25) is 5.82 Å². The van der Waals surface area contributed by atoms with Crippen LogP contribution in [0.25, 0.3) is 5.69 Å². The van der Waals surface area contributed by atoms with Gasteiger partial charge < -0.3 is 5.32 Å². The topological polar surface area (TPSA) is 90.5 Å². The molecule has 3 aromatic heterocycles. The summed E-state index contributed by atoms with van der Waals surface area (Å²) in [4.78, 5) is 19.1. The van der Waals surface area contributed by atoms with E-state index in [0.29, 0.717) is 30.5 Å². The van der Waals surface area contributed by atoms with E-state index in [1.807, 2.05) is 0 Å². The van der Waals surface area contributed by atoms with E-state index in [0.717, 1.165) is 16.9 Å². The SMILES string of the molecule is Cn1nc(C(F)(F)F)nc1C(=O)NC1CCCc2nn(-c3ccnc(C(F)(F)F)c3)cc21. The summed E-state index contributed by atoms with van der Waals surface area (Å²) in [5, 5.41) is 10.2. The number of aromatic nitrogens is 6. The third kappa shape index (κ3) is 4.16. The molecule has 1 aliphatic carbocycles. The molecule has 0 aliphatic heterocycles. The van der Waals surface area contributed by atoms with Crippen molar-refractivity contribution in [3.63, 3.8) is 0 Å². The third-order valence-electron chi connectivity index (χ3n) is 4.93. The number of carbonyl (C=O) groups excluding carboxylic acids is 1. The second-order valence-corrected chi connectivity index (χ2v) is 7.17. The number of hydrogen-bond donors (Lipinski definition) is 1. The molecule has 0 fully saturated rings. The van der Waals surface area contributed by atoms with Crippen LogP contribution in [0.3, 0.4) is 0 Å². The first kappa shape index (κ1) is 21.8. The fourth-order valence-corrected chi connectivity index (χ4v) is 3.46. The highest BCUT2D eigenvalue weighted by Crippen LogP contribution is 2.32. The lowest BCUT2D eigenvalue weighted by Crippen LogP contribution is -2.32. The second-order valence-electron chi connectivity index (χ2n) is 7.17. The number of amides is 1. The second kappa shape index (κ2) is 7.60. The number of nitrogens with zero attached hydrogens (tertiary/aromatic N) is 6. The molecule has 0 aromatic carbocycles. The number of nitrogens with one attached hydrogen (secondary N) is 1. The lowest BCUT2D eigenvalue weighted by molar-refractivity contribution is -0.145. The molecule has 1 unspecified atom stereocenters. The Hall–Kier alpha value is -3.45. The van der Waals surface area contributed by atoms with Gasteiger partial charge in [0.1, 0.15) is 5.69 Å². The van der Waals surface area contributed by atoms with E-state index in [9.17, 15) is 31.1 Å². The summed E-state index contributed by atoms with van der Waals surface area (Å²) in [5.41, 5.74) is 0.194. The van der Waals surface area contributed by atoms with E-state index in [1.165, 1.54) is 24.0 Å².